The summed E-state index contributed by atoms with van der Waals surface area (Å²) in [7, 11) is 1.62. The van der Waals surface area contributed by atoms with Crippen LogP contribution in [-0.2, 0) is 30.9 Å². The topological polar surface area (TPSA) is 46.6 Å². The van der Waals surface area contributed by atoms with Gasteiger partial charge in [0.05, 0.1) is 0 Å². The van der Waals surface area contributed by atoms with Crippen LogP contribution >= 0.6 is 0 Å². The van der Waals surface area contributed by atoms with Gasteiger partial charge in [0, 0.05) is 0 Å². The number of carbonyl (C=O) groups excluding carboxylic acids is 2. The fourth-order valence-electron chi connectivity index (χ4n) is 1.89. The van der Waals surface area contributed by atoms with Crippen LogP contribution in [0.25, 0.3) is 0 Å². The second-order valence-corrected chi connectivity index (χ2v) is 6.16. The zero-order chi connectivity index (χ0) is 12.4. The maximum absolute atomic E-state index is 12.0. The van der Waals surface area contributed by atoms with E-state index >= 15 is 0 Å². The van der Waals surface area contributed by atoms with Gasteiger partial charge in [-0.1, -0.05) is 0 Å². The number of ether oxygens (including phenoxy) is 1. The number of nitrogens with zero attached hydrogens (tertiary/aromatic N) is 1. The molecule has 0 radical (unpaired) electrons. The Morgan fingerprint density at radius 3 is 2.18 bits per heavy atom. The Morgan fingerprint density at radius 1 is 1.24 bits per heavy atom. The Bertz CT molecular complexity index is 422. The van der Waals surface area contributed by atoms with Crippen LogP contribution < -0.4 is 0 Å². The summed E-state index contributed by atoms with van der Waals surface area (Å²) in [6.07, 6.45) is -0.0134. The van der Waals surface area contributed by atoms with E-state index in [-0.39, 0.29) is 17.9 Å². The Balaban J connectivity index is 2.24. The van der Waals surface area contributed by atoms with E-state index in [1.54, 1.807) is 31.4 Å². The van der Waals surface area contributed by atoms with Crippen LogP contribution in [0.2, 0.25) is 3.93 Å². The van der Waals surface area contributed by atoms with Crippen molar-refractivity contribution in [2.24, 2.45) is 0 Å². The number of hydrogen-bond acceptors (Lipinski definition) is 3. The molecule has 0 saturated heterocycles. The fourth-order valence-corrected chi connectivity index (χ4v) is 3.52. The van der Waals surface area contributed by atoms with Gasteiger partial charge in [-0.05, 0) is 0 Å². The first-order valence-corrected chi connectivity index (χ1v) is 9.35. The maximum atomic E-state index is 12.0. The van der Waals surface area contributed by atoms with E-state index in [4.69, 9.17) is 4.74 Å². The molecular weight excluding hydrogens is 407 g/mol. The van der Waals surface area contributed by atoms with Gasteiger partial charge in [0.1, 0.15) is 0 Å². The van der Waals surface area contributed by atoms with Gasteiger partial charge in [0.2, 0.25) is 0 Å². The summed E-state index contributed by atoms with van der Waals surface area (Å²) in [6.45, 7) is 0.367. The van der Waals surface area contributed by atoms with Crippen molar-refractivity contribution in [2.75, 3.05) is 13.7 Å². The monoisotopic (exact) mass is 420 g/mol. The van der Waals surface area contributed by atoms with Gasteiger partial charge >= 0.3 is 116 Å². The Hall–Kier alpha value is -0.745. The van der Waals surface area contributed by atoms with Crippen molar-refractivity contribution in [3.8, 4) is 0 Å². The molecule has 4 nitrogen and oxygen atoms in total. The summed E-state index contributed by atoms with van der Waals surface area (Å²) < 4.78 is 6.22. The van der Waals surface area contributed by atoms with E-state index in [1.807, 2.05) is 0 Å². The molecule has 85 valence electrons. The molecule has 1 heterocycles. The van der Waals surface area contributed by atoms with Crippen LogP contribution in [0, 0.1) is 0 Å². The standard InChI is InChI=1S/C12H12NO3.Hg/c1-8(16-2)7-13-11(14)9-5-3-4-6-10(9)12(13)15;/h3-6,8H,1,7H2,2H3;. The summed E-state index contributed by atoms with van der Waals surface area (Å²) in [5, 5.41) is 0. The summed E-state index contributed by atoms with van der Waals surface area (Å²) in [6, 6.07) is 6.94. The van der Waals surface area contributed by atoms with E-state index in [0.717, 1.165) is 3.93 Å². The molecule has 0 N–H and O–H groups in total. The molecule has 0 aromatic heterocycles. The average molecular weight is 419 g/mol. The molecule has 2 amide bonds. The Kier molecular flexibility index (Phi) is 3.94. The predicted octanol–water partition coefficient (Wildman–Crippen LogP) is 1.26. The molecule has 0 saturated carbocycles. The van der Waals surface area contributed by atoms with Crippen LogP contribution in [0.5, 0.6) is 0 Å². The third-order valence-electron chi connectivity index (χ3n) is 2.92. The van der Waals surface area contributed by atoms with Crippen LogP contribution in [-0.4, -0.2) is 36.5 Å². The third-order valence-corrected chi connectivity index (χ3v) is 5.42. The molecule has 17 heavy (non-hydrogen) atoms. The van der Waals surface area contributed by atoms with Crippen LogP contribution in [0.4, 0.5) is 0 Å². The molecule has 1 unspecified atom stereocenters. The van der Waals surface area contributed by atoms with Crippen molar-refractivity contribution in [3.63, 3.8) is 0 Å². The second kappa shape index (κ2) is 5.27. The van der Waals surface area contributed by atoms with E-state index in [0.29, 0.717) is 43.8 Å². The molecule has 0 fully saturated rings. The quantitative estimate of drug-likeness (QED) is 0.546. The van der Waals surface area contributed by atoms with E-state index < -0.39 is 0 Å². The summed E-state index contributed by atoms with van der Waals surface area (Å²) in [4.78, 5) is 25.4. The van der Waals surface area contributed by atoms with Crippen molar-refractivity contribution < 1.29 is 40.4 Å². The number of hydrogen-bond donors (Lipinski definition) is 0. The van der Waals surface area contributed by atoms with Crippen molar-refractivity contribution in [3.05, 3.63) is 35.4 Å². The normalized spacial score (nSPS) is 16.3. The van der Waals surface area contributed by atoms with Gasteiger partial charge < -0.3 is 0 Å². The van der Waals surface area contributed by atoms with Crippen LogP contribution in [0.1, 0.15) is 20.7 Å². The molecular formula is C12H12HgNO3. The number of rotatable bonds is 4. The molecule has 2 rings (SSSR count). The summed E-state index contributed by atoms with van der Waals surface area (Å²) in [5.74, 6) is -0.399. The molecule has 1 aliphatic rings. The zero-order valence-electron chi connectivity index (χ0n) is 9.68. The number of amides is 2. The second-order valence-electron chi connectivity index (χ2n) is 3.91. The third kappa shape index (κ3) is 2.28. The van der Waals surface area contributed by atoms with Gasteiger partial charge in [-0.25, -0.2) is 0 Å². The minimum absolute atomic E-state index is 0.0134. The molecule has 0 aliphatic carbocycles. The first-order chi connectivity index (χ1) is 8.19. The van der Waals surface area contributed by atoms with E-state index in [9.17, 15) is 9.59 Å². The summed E-state index contributed by atoms with van der Waals surface area (Å²) >= 11 is 0.596. The molecule has 0 bridgehead atoms. The molecule has 1 aromatic rings. The Morgan fingerprint density at radius 2 is 1.76 bits per heavy atom. The SMILES string of the molecule is COC([CH2][Hg])CN1C(=O)c2ccccc2C1=O. The Labute approximate surface area is 116 Å². The van der Waals surface area contributed by atoms with Gasteiger partial charge in [-0.15, -0.1) is 0 Å². The van der Waals surface area contributed by atoms with Gasteiger partial charge in [-0.3, -0.25) is 0 Å². The van der Waals surface area contributed by atoms with Crippen molar-refractivity contribution in [2.45, 2.75) is 10.0 Å². The molecule has 0 spiro atoms. The van der Waals surface area contributed by atoms with Crippen LogP contribution in [0.3, 0.4) is 0 Å². The number of carbonyl (C=O) groups is 2. The summed E-state index contributed by atoms with van der Waals surface area (Å²) in [5.41, 5.74) is 1.01. The molecule has 5 heteroatoms. The minimum atomic E-state index is -0.200. The van der Waals surface area contributed by atoms with E-state index in [1.165, 1.54) is 4.90 Å². The van der Waals surface area contributed by atoms with Crippen molar-refractivity contribution in [1.82, 2.24) is 4.90 Å². The number of methoxy groups -OCH3 is 1. The van der Waals surface area contributed by atoms with Gasteiger partial charge in [0.25, 0.3) is 0 Å². The molecule has 1 atom stereocenters. The first-order valence-electron chi connectivity index (χ1n) is 5.46. The van der Waals surface area contributed by atoms with Gasteiger partial charge in [0.15, 0.2) is 0 Å². The number of imide groups is 1. The molecule has 1 aliphatic heterocycles. The fraction of sp³-hybridized carbons (Fsp3) is 0.333. The zero-order valence-corrected chi connectivity index (χ0v) is 15.2. The van der Waals surface area contributed by atoms with E-state index in [2.05, 4.69) is 0 Å². The van der Waals surface area contributed by atoms with Gasteiger partial charge in [-0.2, -0.15) is 0 Å². The predicted molar refractivity (Wildman–Crippen MR) is 57.4 cm³/mol. The number of benzene rings is 1. The van der Waals surface area contributed by atoms with Crippen LogP contribution in [0.15, 0.2) is 24.3 Å². The molecule has 1 aromatic carbocycles. The first kappa shape index (κ1) is 12.7. The number of fused-ring (bicyclic) bond motifs is 1. The average Bonchev–Trinajstić information content (AvgIpc) is 2.61. The van der Waals surface area contributed by atoms with Crippen molar-refractivity contribution in [1.29, 1.82) is 0 Å². The van der Waals surface area contributed by atoms with Crippen molar-refractivity contribution >= 4 is 11.8 Å².